The summed E-state index contributed by atoms with van der Waals surface area (Å²) in [6, 6.07) is 3.41. The van der Waals surface area contributed by atoms with E-state index in [1.165, 1.54) is 20.3 Å². The van der Waals surface area contributed by atoms with Gasteiger partial charge < -0.3 is 26.3 Å². The van der Waals surface area contributed by atoms with E-state index < -0.39 is 11.9 Å². The van der Waals surface area contributed by atoms with Crippen LogP contribution in [0.2, 0.25) is 0 Å². The summed E-state index contributed by atoms with van der Waals surface area (Å²) in [5.41, 5.74) is 12.2. The summed E-state index contributed by atoms with van der Waals surface area (Å²) in [4.78, 5) is 8.42. The molecule has 0 amide bonds. The number of nitriles is 2. The molecule has 1 atom stereocenters. The number of nitrogens with two attached hydrogens (primary N) is 2. The van der Waals surface area contributed by atoms with Crippen molar-refractivity contribution in [2.75, 3.05) is 31.0 Å². The molecule has 2 aromatic rings. The molecule has 142 valence electrons. The molecule has 3 rings (SSSR count). The number of guanidine groups is 1. The molecule has 1 aromatic heterocycles. The van der Waals surface area contributed by atoms with E-state index in [0.717, 1.165) is 6.07 Å². The minimum Gasteiger partial charge on any atom is -0.493 e. The normalized spacial score (nSPS) is 14.6. The third-order valence-electron chi connectivity index (χ3n) is 4.16. The van der Waals surface area contributed by atoms with Crippen LogP contribution in [-0.2, 0) is 0 Å². The Labute approximate surface area is 159 Å². The molecule has 0 spiro atoms. The molecule has 10 nitrogen and oxygen atoms in total. The average Bonchev–Trinajstić information content (AvgIpc) is 2.67. The molecule has 6 N–H and O–H groups in total. The van der Waals surface area contributed by atoms with Gasteiger partial charge in [0, 0.05) is 17.2 Å². The first-order chi connectivity index (χ1) is 13.4. The van der Waals surface area contributed by atoms with E-state index in [4.69, 9.17) is 26.2 Å². The largest absolute Gasteiger partial charge is 0.493 e. The van der Waals surface area contributed by atoms with Gasteiger partial charge in [0.1, 0.15) is 35.1 Å². The van der Waals surface area contributed by atoms with Gasteiger partial charge in [-0.1, -0.05) is 0 Å². The molecular formula is C17H15FN8O2. The van der Waals surface area contributed by atoms with Crippen LogP contribution in [0.3, 0.4) is 0 Å². The molecule has 1 aromatic carbocycles. The molecule has 1 aliphatic heterocycles. The van der Waals surface area contributed by atoms with Gasteiger partial charge in [-0.25, -0.2) is 14.4 Å². The lowest BCUT2D eigenvalue weighted by Gasteiger charge is -2.26. The molecule has 28 heavy (non-hydrogen) atoms. The second-order valence-electron chi connectivity index (χ2n) is 5.63. The van der Waals surface area contributed by atoms with Crippen molar-refractivity contribution in [3.05, 3.63) is 34.6 Å². The van der Waals surface area contributed by atoms with Crippen LogP contribution >= 0.6 is 0 Å². The minimum atomic E-state index is -1.02. The highest BCUT2D eigenvalue weighted by molar-refractivity contribution is 5.98. The van der Waals surface area contributed by atoms with Crippen molar-refractivity contribution in [1.29, 1.82) is 10.5 Å². The highest BCUT2D eigenvalue weighted by Crippen LogP contribution is 2.43. The Kier molecular flexibility index (Phi) is 4.75. The number of ether oxygens (including phenoxy) is 2. The van der Waals surface area contributed by atoms with Gasteiger partial charge in [0.15, 0.2) is 17.7 Å². The van der Waals surface area contributed by atoms with Gasteiger partial charge in [-0.3, -0.25) is 5.32 Å². The van der Waals surface area contributed by atoms with Gasteiger partial charge in [-0.15, -0.1) is 0 Å². The molecule has 0 saturated heterocycles. The zero-order valence-corrected chi connectivity index (χ0v) is 14.9. The number of anilines is 3. The Morgan fingerprint density at radius 1 is 1.21 bits per heavy atom. The molecule has 11 heteroatoms. The summed E-state index contributed by atoms with van der Waals surface area (Å²) in [6.45, 7) is 0. The Morgan fingerprint density at radius 2 is 1.89 bits per heavy atom. The number of nitrogen functional groups attached to an aromatic ring is 2. The number of halogens is 1. The second-order valence-corrected chi connectivity index (χ2v) is 5.63. The van der Waals surface area contributed by atoms with E-state index in [1.807, 2.05) is 6.07 Å². The average molecular weight is 382 g/mol. The number of fused-ring (bicyclic) bond motifs is 1. The van der Waals surface area contributed by atoms with Crippen molar-refractivity contribution in [3.63, 3.8) is 0 Å². The number of hydrogen-bond donors (Lipinski definition) is 4. The molecule has 0 bridgehead atoms. The Balaban J connectivity index is 2.29. The van der Waals surface area contributed by atoms with E-state index in [0.29, 0.717) is 0 Å². The Morgan fingerprint density at radius 3 is 2.50 bits per heavy atom. The lowest BCUT2D eigenvalue weighted by Crippen LogP contribution is -2.33. The maximum atomic E-state index is 14.9. The maximum Gasteiger partial charge on any atom is 0.211 e. The van der Waals surface area contributed by atoms with Crippen LogP contribution in [0.1, 0.15) is 22.7 Å². The first-order valence-electron chi connectivity index (χ1n) is 7.85. The molecule has 0 fully saturated rings. The van der Waals surface area contributed by atoms with Crippen LogP contribution in [-0.4, -0.2) is 25.2 Å². The van der Waals surface area contributed by atoms with Gasteiger partial charge in [0.2, 0.25) is 5.96 Å². The van der Waals surface area contributed by atoms with Crippen molar-refractivity contribution >= 4 is 23.3 Å². The number of pyridine rings is 1. The number of aromatic nitrogens is 1. The van der Waals surface area contributed by atoms with Crippen LogP contribution in [0.25, 0.3) is 0 Å². The molecule has 0 aliphatic carbocycles. The van der Waals surface area contributed by atoms with Gasteiger partial charge in [-0.05, 0) is 6.07 Å². The lowest BCUT2D eigenvalue weighted by atomic mass is 9.94. The van der Waals surface area contributed by atoms with Gasteiger partial charge in [0.05, 0.1) is 19.9 Å². The van der Waals surface area contributed by atoms with Gasteiger partial charge in [-0.2, -0.15) is 10.5 Å². The third kappa shape index (κ3) is 2.91. The van der Waals surface area contributed by atoms with Crippen molar-refractivity contribution < 1.29 is 13.9 Å². The Hall–Kier alpha value is -4.25. The van der Waals surface area contributed by atoms with E-state index in [1.54, 1.807) is 6.19 Å². The van der Waals surface area contributed by atoms with Crippen LogP contribution in [0.15, 0.2) is 17.1 Å². The number of methoxy groups -OCH3 is 2. The van der Waals surface area contributed by atoms with Crippen LogP contribution in [0.4, 0.5) is 21.7 Å². The highest BCUT2D eigenvalue weighted by Gasteiger charge is 2.32. The predicted molar refractivity (Wildman–Crippen MR) is 98.9 cm³/mol. The van der Waals surface area contributed by atoms with E-state index in [9.17, 15) is 9.65 Å². The van der Waals surface area contributed by atoms with Crippen LogP contribution < -0.4 is 31.6 Å². The van der Waals surface area contributed by atoms with Crippen molar-refractivity contribution in [3.8, 4) is 23.8 Å². The van der Waals surface area contributed by atoms with E-state index >= 15 is 0 Å². The molecule has 1 unspecified atom stereocenters. The number of nitrogens with zero attached hydrogens (tertiary/aromatic N) is 4. The van der Waals surface area contributed by atoms with E-state index in [-0.39, 0.29) is 51.5 Å². The quantitative estimate of drug-likeness (QED) is 0.450. The molecule has 1 aliphatic rings. The summed E-state index contributed by atoms with van der Waals surface area (Å²) in [5, 5.41) is 23.3. The molecule has 0 radical (unpaired) electrons. The third-order valence-corrected chi connectivity index (χ3v) is 4.16. The van der Waals surface area contributed by atoms with Crippen molar-refractivity contribution in [1.82, 2.24) is 10.3 Å². The summed E-state index contributed by atoms with van der Waals surface area (Å²) in [7, 11) is 2.79. The Bertz CT molecular complexity index is 1070. The number of aliphatic imine (C=N–C) groups is 1. The topological polar surface area (TPSA) is 167 Å². The number of nitrogens with one attached hydrogen (secondary N) is 2. The van der Waals surface area contributed by atoms with Gasteiger partial charge >= 0.3 is 0 Å². The molecular weight excluding hydrogens is 367 g/mol. The fourth-order valence-corrected chi connectivity index (χ4v) is 2.89. The minimum absolute atomic E-state index is 0.0106. The number of benzene rings is 1. The lowest BCUT2D eigenvalue weighted by molar-refractivity contribution is 0.351. The molecule has 0 saturated carbocycles. The highest BCUT2D eigenvalue weighted by atomic mass is 19.1. The second kappa shape index (κ2) is 7.17. The smallest absolute Gasteiger partial charge is 0.211 e. The number of hydrogen-bond acceptors (Lipinski definition) is 10. The standard InChI is InChI=1S/C17H15FN8O2/c1-27-10-3-7(9(18)4-11(10)28-2)14-12-13(21)8(5-19)15(22)25-16(12)26-17(24-14)23-6-20/h3-4,14H,1-2H3,(H6,21,22,23,24,25,26). The summed E-state index contributed by atoms with van der Waals surface area (Å²) < 4.78 is 25.2. The summed E-state index contributed by atoms with van der Waals surface area (Å²) in [6.07, 6.45) is 1.72. The van der Waals surface area contributed by atoms with Crippen molar-refractivity contribution in [2.24, 2.45) is 4.99 Å². The SMILES string of the molecule is COc1cc(F)c(C2N=C(NC#N)Nc3nc(N)c(C#N)c(N)c32)cc1OC. The zero-order valence-electron chi connectivity index (χ0n) is 14.9. The van der Waals surface area contributed by atoms with E-state index in [2.05, 4.69) is 20.6 Å². The zero-order chi connectivity index (χ0) is 20.4. The maximum absolute atomic E-state index is 14.9. The van der Waals surface area contributed by atoms with Gasteiger partial charge in [0.25, 0.3) is 0 Å². The number of rotatable bonds is 3. The molecule has 2 heterocycles. The predicted octanol–water partition coefficient (Wildman–Crippen LogP) is 1.22. The van der Waals surface area contributed by atoms with Crippen LogP contribution in [0.5, 0.6) is 11.5 Å². The first-order valence-corrected chi connectivity index (χ1v) is 7.85. The fourth-order valence-electron chi connectivity index (χ4n) is 2.89. The summed E-state index contributed by atoms with van der Waals surface area (Å²) >= 11 is 0. The van der Waals surface area contributed by atoms with Crippen molar-refractivity contribution in [2.45, 2.75) is 6.04 Å². The first kappa shape index (κ1) is 18.5. The monoisotopic (exact) mass is 382 g/mol. The summed E-state index contributed by atoms with van der Waals surface area (Å²) in [5.74, 6) is -0.114. The fraction of sp³-hybridized carbons (Fsp3) is 0.176. The van der Waals surface area contributed by atoms with Crippen LogP contribution in [0, 0.1) is 28.6 Å².